The van der Waals surface area contributed by atoms with Gasteiger partial charge in [0, 0.05) is 49.8 Å². The predicted octanol–water partition coefficient (Wildman–Crippen LogP) is 3.44. The highest BCUT2D eigenvalue weighted by molar-refractivity contribution is 5.83. The van der Waals surface area contributed by atoms with Crippen LogP contribution in [0.25, 0.3) is 10.9 Å². The number of H-pyrrole nitrogens is 1. The Morgan fingerprint density at radius 1 is 1.10 bits per heavy atom. The van der Waals surface area contributed by atoms with Gasteiger partial charge >= 0.3 is 0 Å². The van der Waals surface area contributed by atoms with Gasteiger partial charge < -0.3 is 19.9 Å². The Bertz CT molecular complexity index is 1010. The second-order valence-corrected chi connectivity index (χ2v) is 8.00. The van der Waals surface area contributed by atoms with E-state index in [9.17, 15) is 4.79 Å². The Labute approximate surface area is 184 Å². The highest BCUT2D eigenvalue weighted by Crippen LogP contribution is 2.29. The molecule has 3 aromatic rings. The van der Waals surface area contributed by atoms with E-state index >= 15 is 0 Å². The second-order valence-electron chi connectivity index (χ2n) is 8.00. The molecule has 0 spiro atoms. The average molecular weight is 421 g/mol. The number of amides is 1. The number of nitrogens with one attached hydrogen (secondary N) is 2. The Hall–Kier alpha value is -2.99. The molecule has 4 rings (SSSR count). The first-order chi connectivity index (χ1) is 15.2. The molecular weight excluding hydrogens is 388 g/mol. The maximum atomic E-state index is 12.7. The molecule has 1 saturated heterocycles. The van der Waals surface area contributed by atoms with Crippen molar-refractivity contribution in [1.82, 2.24) is 15.2 Å². The summed E-state index contributed by atoms with van der Waals surface area (Å²) in [5.41, 5.74) is 3.52. The van der Waals surface area contributed by atoms with E-state index in [1.807, 2.05) is 50.4 Å². The van der Waals surface area contributed by atoms with Crippen molar-refractivity contribution >= 4 is 22.5 Å². The first-order valence-corrected chi connectivity index (χ1v) is 11.2. The number of aromatic nitrogens is 1. The Morgan fingerprint density at radius 3 is 2.65 bits per heavy atom. The summed E-state index contributed by atoms with van der Waals surface area (Å²) in [6, 6.07) is 16.3. The van der Waals surface area contributed by atoms with E-state index in [4.69, 9.17) is 4.74 Å². The fourth-order valence-corrected chi connectivity index (χ4v) is 4.32. The smallest absolute Gasteiger partial charge is 0.237 e. The van der Waals surface area contributed by atoms with E-state index in [1.165, 1.54) is 10.9 Å². The van der Waals surface area contributed by atoms with Crippen LogP contribution in [0.4, 0.5) is 5.69 Å². The van der Waals surface area contributed by atoms with Gasteiger partial charge in [0.05, 0.1) is 18.3 Å². The van der Waals surface area contributed by atoms with E-state index < -0.39 is 0 Å². The summed E-state index contributed by atoms with van der Waals surface area (Å²) < 4.78 is 5.78. The van der Waals surface area contributed by atoms with Crippen molar-refractivity contribution in [3.05, 3.63) is 60.3 Å². The maximum absolute atomic E-state index is 12.7. The number of anilines is 1. The van der Waals surface area contributed by atoms with E-state index in [2.05, 4.69) is 38.3 Å². The zero-order valence-corrected chi connectivity index (χ0v) is 18.4. The standard InChI is InChI=1S/C25H32N4O2/c1-3-31-24-11-7-6-10-23(24)29-16-14-28(15-17-29)19(2)25(30)26-13-12-20-18-27-22-9-5-4-8-21(20)22/h4-11,18-19,27H,3,12-17H2,1-2H3,(H,26,30). The lowest BCUT2D eigenvalue weighted by atomic mass is 10.1. The molecule has 1 aliphatic rings. The minimum Gasteiger partial charge on any atom is -0.492 e. The minimum atomic E-state index is -0.132. The van der Waals surface area contributed by atoms with Crippen LogP contribution in [0.3, 0.4) is 0 Å². The van der Waals surface area contributed by atoms with Gasteiger partial charge in [0.2, 0.25) is 5.91 Å². The van der Waals surface area contributed by atoms with E-state index in [1.54, 1.807) is 0 Å². The number of hydrogen-bond acceptors (Lipinski definition) is 4. The molecule has 164 valence electrons. The van der Waals surface area contributed by atoms with Crippen molar-refractivity contribution in [2.24, 2.45) is 0 Å². The number of benzene rings is 2. The third-order valence-corrected chi connectivity index (χ3v) is 6.12. The van der Waals surface area contributed by atoms with Crippen LogP contribution in [-0.4, -0.2) is 61.2 Å². The molecular formula is C25H32N4O2. The first kappa shape index (κ1) is 21.2. The zero-order valence-electron chi connectivity index (χ0n) is 18.4. The van der Waals surface area contributed by atoms with Crippen molar-refractivity contribution in [1.29, 1.82) is 0 Å². The number of rotatable bonds is 8. The third-order valence-electron chi connectivity index (χ3n) is 6.12. The van der Waals surface area contributed by atoms with Crippen molar-refractivity contribution in [2.75, 3.05) is 44.2 Å². The van der Waals surface area contributed by atoms with Crippen molar-refractivity contribution in [2.45, 2.75) is 26.3 Å². The van der Waals surface area contributed by atoms with Crippen LogP contribution in [0.2, 0.25) is 0 Å². The van der Waals surface area contributed by atoms with Gasteiger partial charge in [-0.2, -0.15) is 0 Å². The van der Waals surface area contributed by atoms with Crippen molar-refractivity contribution in [3.63, 3.8) is 0 Å². The Kier molecular flexibility index (Phi) is 6.77. The molecule has 0 bridgehead atoms. The van der Waals surface area contributed by atoms with Gasteiger partial charge in [-0.05, 0) is 44.0 Å². The third kappa shape index (κ3) is 4.85. The average Bonchev–Trinajstić information content (AvgIpc) is 3.22. The summed E-state index contributed by atoms with van der Waals surface area (Å²) in [7, 11) is 0. The molecule has 1 fully saturated rings. The summed E-state index contributed by atoms with van der Waals surface area (Å²) >= 11 is 0. The second kappa shape index (κ2) is 9.88. The van der Waals surface area contributed by atoms with Gasteiger partial charge in [-0.25, -0.2) is 0 Å². The molecule has 2 N–H and O–H groups in total. The largest absolute Gasteiger partial charge is 0.492 e. The van der Waals surface area contributed by atoms with E-state index in [0.29, 0.717) is 13.2 Å². The van der Waals surface area contributed by atoms with Crippen LogP contribution in [0.15, 0.2) is 54.7 Å². The number of carbonyl (C=O) groups excluding carboxylic acids is 1. The zero-order chi connectivity index (χ0) is 21.6. The molecule has 1 aromatic heterocycles. The molecule has 1 unspecified atom stereocenters. The van der Waals surface area contributed by atoms with Gasteiger partial charge in [0.25, 0.3) is 0 Å². The summed E-state index contributed by atoms with van der Waals surface area (Å²) in [6.45, 7) is 8.81. The van der Waals surface area contributed by atoms with Crippen LogP contribution in [0.5, 0.6) is 5.75 Å². The van der Waals surface area contributed by atoms with Crippen molar-refractivity contribution in [3.8, 4) is 5.75 Å². The number of aromatic amines is 1. The molecule has 31 heavy (non-hydrogen) atoms. The normalized spacial score (nSPS) is 15.7. The van der Waals surface area contributed by atoms with Gasteiger partial charge in [0.1, 0.15) is 5.75 Å². The van der Waals surface area contributed by atoms with Crippen LogP contribution in [-0.2, 0) is 11.2 Å². The molecule has 1 amide bonds. The molecule has 1 atom stereocenters. The van der Waals surface area contributed by atoms with Crippen LogP contribution in [0.1, 0.15) is 19.4 Å². The van der Waals surface area contributed by atoms with Gasteiger partial charge in [-0.1, -0.05) is 30.3 Å². The maximum Gasteiger partial charge on any atom is 0.237 e. The molecule has 0 saturated carbocycles. The molecule has 2 heterocycles. The number of piperazine rings is 1. The summed E-state index contributed by atoms with van der Waals surface area (Å²) in [5, 5.41) is 4.35. The summed E-state index contributed by atoms with van der Waals surface area (Å²) in [6.07, 6.45) is 2.87. The van der Waals surface area contributed by atoms with E-state index in [-0.39, 0.29) is 11.9 Å². The summed E-state index contributed by atoms with van der Waals surface area (Å²) in [4.78, 5) is 20.6. The molecule has 1 aliphatic heterocycles. The lowest BCUT2D eigenvalue weighted by Crippen LogP contribution is -2.54. The number of para-hydroxylation sites is 3. The van der Waals surface area contributed by atoms with Gasteiger partial charge in [0.15, 0.2) is 0 Å². The molecule has 0 radical (unpaired) electrons. The Morgan fingerprint density at radius 2 is 1.84 bits per heavy atom. The minimum absolute atomic E-state index is 0.100. The number of hydrogen-bond donors (Lipinski definition) is 2. The number of ether oxygens (including phenoxy) is 1. The SMILES string of the molecule is CCOc1ccccc1N1CCN(C(C)C(=O)NCCc2c[nH]c3ccccc23)CC1. The number of carbonyl (C=O) groups is 1. The molecule has 0 aliphatic carbocycles. The highest BCUT2D eigenvalue weighted by atomic mass is 16.5. The lowest BCUT2D eigenvalue weighted by molar-refractivity contribution is -0.125. The topological polar surface area (TPSA) is 60.6 Å². The highest BCUT2D eigenvalue weighted by Gasteiger charge is 2.26. The number of nitrogens with zero attached hydrogens (tertiary/aromatic N) is 2. The monoisotopic (exact) mass is 420 g/mol. The number of fused-ring (bicyclic) bond motifs is 1. The lowest BCUT2D eigenvalue weighted by Gasteiger charge is -2.39. The van der Waals surface area contributed by atoms with Crippen LogP contribution in [0, 0.1) is 0 Å². The van der Waals surface area contributed by atoms with Crippen molar-refractivity contribution < 1.29 is 9.53 Å². The first-order valence-electron chi connectivity index (χ1n) is 11.2. The molecule has 2 aromatic carbocycles. The van der Waals surface area contributed by atoms with Gasteiger partial charge in [-0.15, -0.1) is 0 Å². The van der Waals surface area contributed by atoms with Crippen LogP contribution < -0.4 is 15.0 Å². The fraction of sp³-hybridized carbons (Fsp3) is 0.400. The quantitative estimate of drug-likeness (QED) is 0.586. The van der Waals surface area contributed by atoms with E-state index in [0.717, 1.165) is 49.6 Å². The molecule has 6 heteroatoms. The van der Waals surface area contributed by atoms with Crippen LogP contribution >= 0.6 is 0 Å². The fourth-order valence-electron chi connectivity index (χ4n) is 4.32. The summed E-state index contributed by atoms with van der Waals surface area (Å²) in [5.74, 6) is 1.03. The predicted molar refractivity (Wildman–Crippen MR) is 126 cm³/mol. The Balaban J connectivity index is 1.26. The van der Waals surface area contributed by atoms with Gasteiger partial charge in [-0.3, -0.25) is 9.69 Å². The molecule has 6 nitrogen and oxygen atoms in total.